The molecule has 6 nitrogen and oxygen atoms in total. The molecule has 2 N–H and O–H groups in total. The van der Waals surface area contributed by atoms with Gasteiger partial charge in [0.2, 0.25) is 0 Å². The molecule has 2 heterocycles. The summed E-state index contributed by atoms with van der Waals surface area (Å²) in [6, 6.07) is 8.24. The third kappa shape index (κ3) is 2.33. The zero-order chi connectivity index (χ0) is 13.2. The first-order valence-electron chi connectivity index (χ1n) is 5.45. The molecule has 2 aromatic rings. The molecular weight excluding hydrogens is 311 g/mol. The van der Waals surface area contributed by atoms with Gasteiger partial charge in [0.05, 0.1) is 0 Å². The fraction of sp³-hybridized carbons (Fsp3) is 0. The van der Waals surface area contributed by atoms with Gasteiger partial charge in [-0.15, -0.1) is 0 Å². The summed E-state index contributed by atoms with van der Waals surface area (Å²) in [5.41, 5.74) is 2.12. The number of carbonyl (C=O) groups is 1. The topological polar surface area (TPSA) is 86.7 Å². The van der Waals surface area contributed by atoms with Crippen molar-refractivity contribution in [3.63, 3.8) is 0 Å². The molecule has 1 aliphatic heterocycles. The Morgan fingerprint density at radius 2 is 2.16 bits per heavy atom. The third-order valence-corrected chi connectivity index (χ3v) is 3.71. The summed E-state index contributed by atoms with van der Waals surface area (Å²) < 4.78 is 8.52. The van der Waals surface area contributed by atoms with E-state index in [1.807, 2.05) is 12.1 Å². The number of aromatic nitrogens is 1. The van der Waals surface area contributed by atoms with Gasteiger partial charge < -0.3 is 0 Å². The first-order valence-corrected chi connectivity index (χ1v) is 6.98. The van der Waals surface area contributed by atoms with Crippen molar-refractivity contribution in [2.24, 2.45) is 7.92 Å². The van der Waals surface area contributed by atoms with E-state index in [1.54, 1.807) is 12.1 Å². The Morgan fingerprint density at radius 1 is 1.26 bits per heavy atom. The Balaban J connectivity index is 1.91. The number of aromatic amines is 1. The quantitative estimate of drug-likeness (QED) is 0.708. The van der Waals surface area contributed by atoms with Crippen LogP contribution in [0.2, 0.25) is 0 Å². The summed E-state index contributed by atoms with van der Waals surface area (Å²) in [5, 5.41) is 2.75. The molecule has 0 fully saturated rings. The van der Waals surface area contributed by atoms with Gasteiger partial charge in [-0.25, -0.2) is 0 Å². The second-order valence-corrected chi connectivity index (χ2v) is 4.94. The average Bonchev–Trinajstić information content (AvgIpc) is 2.88. The van der Waals surface area contributed by atoms with Crippen LogP contribution in [0.4, 0.5) is 17.1 Å². The number of amides is 1. The monoisotopic (exact) mass is 320 g/mol. The minimum atomic E-state index is -0.339. The maximum absolute atomic E-state index is 12.0. The number of H-pyrrole nitrogens is 1. The fourth-order valence-corrected chi connectivity index (χ4v) is 2.84. The van der Waals surface area contributed by atoms with Crippen LogP contribution in [0, 0.1) is 0 Å². The maximum atomic E-state index is 12.0. The zero-order valence-electron chi connectivity index (χ0n) is 9.58. The average molecular weight is 319 g/mol. The van der Waals surface area contributed by atoms with Crippen molar-refractivity contribution in [1.29, 1.82) is 0 Å². The number of hydrogen-bond donors (Lipinski definition) is 2. The second-order valence-electron chi connectivity index (χ2n) is 3.83. The molecule has 0 spiro atoms. The number of hydrogen-bond acceptors (Lipinski definition) is 4. The van der Waals surface area contributed by atoms with Crippen molar-refractivity contribution in [2.75, 3.05) is 5.32 Å². The Hall–Kier alpha value is -2.24. The van der Waals surface area contributed by atoms with Crippen LogP contribution >= 0.6 is 0 Å². The Bertz CT molecular complexity index is 790. The molecular formula is C12H8N4O2Se. The number of nitrogens with zero attached hydrogens (tertiary/aromatic N) is 2. The Kier molecular flexibility index (Phi) is 2.98. The SMILES string of the molecule is O=C(Nc1cccc2c1N=[Se]=N2)c1cc[nH]c(=O)c1. The Labute approximate surface area is 113 Å². The van der Waals surface area contributed by atoms with E-state index < -0.39 is 0 Å². The van der Waals surface area contributed by atoms with Crippen molar-refractivity contribution < 1.29 is 4.79 Å². The first kappa shape index (κ1) is 11.8. The van der Waals surface area contributed by atoms with E-state index in [9.17, 15) is 9.59 Å². The Morgan fingerprint density at radius 3 is 3.00 bits per heavy atom. The summed E-state index contributed by atoms with van der Waals surface area (Å²) in [5.74, 6) is -0.339. The van der Waals surface area contributed by atoms with Crippen LogP contribution in [-0.2, 0) is 0 Å². The first-order chi connectivity index (χ1) is 9.24. The molecule has 7 heteroatoms. The number of pyridine rings is 1. The summed E-state index contributed by atoms with van der Waals surface area (Å²) in [4.78, 5) is 25.7. The molecule has 1 aliphatic rings. The number of carbonyl (C=O) groups excluding carboxylic acids is 1. The van der Waals surface area contributed by atoms with Gasteiger partial charge in [0.15, 0.2) is 0 Å². The third-order valence-electron chi connectivity index (χ3n) is 2.57. The van der Waals surface area contributed by atoms with Crippen LogP contribution in [0.5, 0.6) is 0 Å². The normalized spacial score (nSPS) is 11.8. The molecule has 0 bridgehead atoms. The number of benzene rings is 1. The van der Waals surface area contributed by atoms with E-state index >= 15 is 0 Å². The van der Waals surface area contributed by atoms with Crippen molar-refractivity contribution in [1.82, 2.24) is 4.98 Å². The van der Waals surface area contributed by atoms with Crippen LogP contribution in [-0.4, -0.2) is 25.5 Å². The minimum absolute atomic E-state index is 0.146. The van der Waals surface area contributed by atoms with Gasteiger partial charge in [0, 0.05) is 0 Å². The molecule has 1 amide bonds. The van der Waals surface area contributed by atoms with Gasteiger partial charge in [-0.2, -0.15) is 0 Å². The van der Waals surface area contributed by atoms with Crippen LogP contribution in [0.25, 0.3) is 0 Å². The van der Waals surface area contributed by atoms with Gasteiger partial charge in [-0.05, 0) is 0 Å². The molecule has 3 rings (SSSR count). The van der Waals surface area contributed by atoms with Gasteiger partial charge in [-0.3, -0.25) is 0 Å². The van der Waals surface area contributed by atoms with Crippen molar-refractivity contribution in [2.45, 2.75) is 0 Å². The van der Waals surface area contributed by atoms with Crippen LogP contribution < -0.4 is 10.9 Å². The molecule has 0 unspecified atom stereocenters. The molecule has 0 atom stereocenters. The standard InChI is InChI=1S/C12H8N4O2Se/c17-10-6-7(4-5-13-10)12(18)14-8-2-1-3-9-11(8)16-19-15-9/h1-6H,(H,13,17)(H,14,18). The van der Waals surface area contributed by atoms with E-state index in [1.165, 1.54) is 12.3 Å². The molecule has 0 radical (unpaired) electrons. The van der Waals surface area contributed by atoms with Crippen molar-refractivity contribution in [3.05, 3.63) is 52.4 Å². The van der Waals surface area contributed by atoms with Crippen molar-refractivity contribution >= 4 is 37.5 Å². The number of nitrogens with one attached hydrogen (secondary N) is 2. The van der Waals surface area contributed by atoms with Gasteiger partial charge >= 0.3 is 113 Å². The van der Waals surface area contributed by atoms with Gasteiger partial charge in [0.25, 0.3) is 0 Å². The molecule has 0 aliphatic carbocycles. The van der Waals surface area contributed by atoms with E-state index in [2.05, 4.69) is 18.2 Å². The van der Waals surface area contributed by atoms with Crippen LogP contribution in [0.3, 0.4) is 0 Å². The van der Waals surface area contributed by atoms with E-state index in [-0.39, 0.29) is 26.0 Å². The fourth-order valence-electron chi connectivity index (χ4n) is 1.69. The molecule has 1 aromatic carbocycles. The van der Waals surface area contributed by atoms with Gasteiger partial charge in [-0.1, -0.05) is 0 Å². The molecule has 0 saturated carbocycles. The predicted molar refractivity (Wildman–Crippen MR) is 71.4 cm³/mol. The molecule has 1 aromatic heterocycles. The summed E-state index contributed by atoms with van der Waals surface area (Å²) in [6.07, 6.45) is 1.44. The number of anilines is 1. The van der Waals surface area contributed by atoms with Crippen LogP contribution in [0.15, 0.2) is 49.2 Å². The molecule has 0 saturated heterocycles. The summed E-state index contributed by atoms with van der Waals surface area (Å²) in [6.45, 7) is 0. The van der Waals surface area contributed by atoms with E-state index in [4.69, 9.17) is 0 Å². The number of fused-ring (bicyclic) bond motifs is 1. The zero-order valence-corrected chi connectivity index (χ0v) is 11.3. The number of rotatable bonds is 2. The second kappa shape index (κ2) is 4.79. The van der Waals surface area contributed by atoms with E-state index in [0.717, 1.165) is 5.69 Å². The van der Waals surface area contributed by atoms with Crippen molar-refractivity contribution in [3.8, 4) is 0 Å². The summed E-state index contributed by atoms with van der Waals surface area (Å²) in [7, 11) is 0. The molecule has 19 heavy (non-hydrogen) atoms. The predicted octanol–water partition coefficient (Wildman–Crippen LogP) is 1.98. The van der Waals surface area contributed by atoms with Crippen LogP contribution in [0.1, 0.15) is 10.4 Å². The van der Waals surface area contributed by atoms with Gasteiger partial charge in [0.1, 0.15) is 0 Å². The van der Waals surface area contributed by atoms with E-state index in [0.29, 0.717) is 16.9 Å². The summed E-state index contributed by atoms with van der Waals surface area (Å²) >= 11 is -0.146. The molecule has 94 valence electrons.